The number of amides is 1. The quantitative estimate of drug-likeness (QED) is 0.645. The molecule has 0 saturated carbocycles. The summed E-state index contributed by atoms with van der Waals surface area (Å²) in [6, 6.07) is 6.65. The first kappa shape index (κ1) is 18.2. The lowest BCUT2D eigenvalue weighted by atomic mass is 10.2. The van der Waals surface area contributed by atoms with Crippen LogP contribution in [-0.2, 0) is 9.53 Å². The lowest BCUT2D eigenvalue weighted by Gasteiger charge is -2.21. The highest BCUT2D eigenvalue weighted by atomic mass is 35.5. The van der Waals surface area contributed by atoms with Crippen molar-refractivity contribution in [2.24, 2.45) is 0 Å². The lowest BCUT2D eigenvalue weighted by Crippen LogP contribution is -2.37. The maximum absolute atomic E-state index is 12.3. The molecule has 0 unspecified atom stereocenters. The molecule has 1 rings (SSSR count). The second-order valence-corrected chi connectivity index (χ2v) is 4.15. The normalized spacial score (nSPS) is 9.50. The second-order valence-electron chi connectivity index (χ2n) is 4.15. The van der Waals surface area contributed by atoms with Crippen LogP contribution in [0.25, 0.3) is 0 Å². The van der Waals surface area contributed by atoms with E-state index in [9.17, 15) is 9.59 Å². The Kier molecular flexibility index (Phi) is 8.40. The van der Waals surface area contributed by atoms with Crippen LogP contribution in [0.4, 0.5) is 5.69 Å². The van der Waals surface area contributed by atoms with E-state index >= 15 is 0 Å². The number of esters is 1. The van der Waals surface area contributed by atoms with Crippen LogP contribution in [0, 0.1) is 0 Å². The number of benzene rings is 1. The number of nitrogen functional groups attached to an aromatic ring is 1. The molecule has 112 valence electrons. The summed E-state index contributed by atoms with van der Waals surface area (Å²) in [5.41, 5.74) is 6.70. The summed E-state index contributed by atoms with van der Waals surface area (Å²) in [7, 11) is 0. The Bertz CT molecular complexity index is 435. The third-order valence-electron chi connectivity index (χ3n) is 2.56. The van der Waals surface area contributed by atoms with Crippen LogP contribution in [0.1, 0.15) is 30.6 Å². The van der Waals surface area contributed by atoms with Gasteiger partial charge in [0.1, 0.15) is 6.54 Å². The van der Waals surface area contributed by atoms with Gasteiger partial charge >= 0.3 is 5.97 Å². The highest BCUT2D eigenvalue weighted by Gasteiger charge is 2.18. The predicted molar refractivity (Wildman–Crippen MR) is 80.9 cm³/mol. The van der Waals surface area contributed by atoms with Crippen LogP contribution >= 0.6 is 12.4 Å². The van der Waals surface area contributed by atoms with E-state index in [1.807, 2.05) is 6.92 Å². The Hall–Kier alpha value is -1.75. The van der Waals surface area contributed by atoms with Gasteiger partial charge in [-0.25, -0.2) is 0 Å². The van der Waals surface area contributed by atoms with E-state index in [1.54, 1.807) is 31.2 Å². The van der Waals surface area contributed by atoms with Crippen LogP contribution in [0.15, 0.2) is 24.3 Å². The average Bonchev–Trinajstić information content (AvgIpc) is 2.38. The number of nitrogens with two attached hydrogens (primary N) is 1. The predicted octanol–water partition coefficient (Wildman–Crippen LogP) is 2.11. The number of hydrogen-bond donors (Lipinski definition) is 1. The second kappa shape index (κ2) is 9.20. The maximum atomic E-state index is 12.3. The fraction of sp³-hybridized carbons (Fsp3) is 0.429. The number of nitrogens with zero attached hydrogens (tertiary/aromatic N) is 1. The highest BCUT2D eigenvalue weighted by Crippen LogP contribution is 2.09. The Balaban J connectivity index is 0.00000361. The summed E-state index contributed by atoms with van der Waals surface area (Å²) >= 11 is 0. The van der Waals surface area contributed by atoms with E-state index in [-0.39, 0.29) is 30.8 Å². The molecule has 6 heteroatoms. The Morgan fingerprint density at radius 2 is 1.80 bits per heavy atom. The fourth-order valence-corrected chi connectivity index (χ4v) is 1.69. The molecule has 0 aliphatic heterocycles. The van der Waals surface area contributed by atoms with Crippen LogP contribution < -0.4 is 5.73 Å². The SMILES string of the molecule is CCCN(CC(=O)OCC)C(=O)c1ccc(N)cc1.Cl. The van der Waals surface area contributed by atoms with Gasteiger partial charge in [-0.2, -0.15) is 0 Å². The van der Waals surface area contributed by atoms with Gasteiger partial charge in [0, 0.05) is 17.8 Å². The van der Waals surface area contributed by atoms with E-state index in [4.69, 9.17) is 10.5 Å². The zero-order chi connectivity index (χ0) is 14.3. The van der Waals surface area contributed by atoms with Gasteiger partial charge in [0.15, 0.2) is 0 Å². The van der Waals surface area contributed by atoms with Gasteiger partial charge in [-0.1, -0.05) is 6.92 Å². The number of halogens is 1. The van der Waals surface area contributed by atoms with Crippen molar-refractivity contribution in [3.63, 3.8) is 0 Å². The highest BCUT2D eigenvalue weighted by molar-refractivity contribution is 5.96. The van der Waals surface area contributed by atoms with Crippen LogP contribution in [-0.4, -0.2) is 36.5 Å². The van der Waals surface area contributed by atoms with Gasteiger partial charge in [0.2, 0.25) is 0 Å². The molecule has 1 amide bonds. The molecule has 0 spiro atoms. The van der Waals surface area contributed by atoms with Crippen molar-refractivity contribution in [3.05, 3.63) is 29.8 Å². The Morgan fingerprint density at radius 1 is 1.20 bits per heavy atom. The lowest BCUT2D eigenvalue weighted by molar-refractivity contribution is -0.143. The number of hydrogen-bond acceptors (Lipinski definition) is 4. The minimum Gasteiger partial charge on any atom is -0.465 e. The third-order valence-corrected chi connectivity index (χ3v) is 2.56. The minimum atomic E-state index is -0.389. The molecular weight excluding hydrogens is 280 g/mol. The number of carbonyl (C=O) groups excluding carboxylic acids is 2. The molecular formula is C14H21ClN2O3. The molecule has 5 nitrogen and oxygen atoms in total. The zero-order valence-electron chi connectivity index (χ0n) is 11.8. The minimum absolute atomic E-state index is 0. The molecule has 0 aromatic heterocycles. The first-order valence-corrected chi connectivity index (χ1v) is 6.38. The molecule has 0 aliphatic rings. The monoisotopic (exact) mass is 300 g/mol. The molecule has 2 N–H and O–H groups in total. The van der Waals surface area contributed by atoms with E-state index < -0.39 is 0 Å². The standard InChI is InChI=1S/C14H20N2O3.ClH/c1-3-9-16(10-13(17)19-4-2)14(18)11-5-7-12(15)8-6-11;/h5-8H,3-4,9-10,15H2,1-2H3;1H. The molecule has 0 saturated heterocycles. The third kappa shape index (κ3) is 5.48. The van der Waals surface area contributed by atoms with Crippen molar-refractivity contribution in [1.82, 2.24) is 4.90 Å². The fourth-order valence-electron chi connectivity index (χ4n) is 1.69. The van der Waals surface area contributed by atoms with Crippen molar-refractivity contribution >= 4 is 30.0 Å². The van der Waals surface area contributed by atoms with Gasteiger partial charge in [0.25, 0.3) is 5.91 Å². The van der Waals surface area contributed by atoms with Crippen molar-refractivity contribution in [2.75, 3.05) is 25.4 Å². The molecule has 1 aromatic rings. The number of carbonyl (C=O) groups is 2. The Labute approximate surface area is 125 Å². The van der Waals surface area contributed by atoms with Crippen molar-refractivity contribution in [1.29, 1.82) is 0 Å². The van der Waals surface area contributed by atoms with Gasteiger partial charge < -0.3 is 15.4 Å². The summed E-state index contributed by atoms with van der Waals surface area (Å²) in [5, 5.41) is 0. The number of ether oxygens (including phenoxy) is 1. The topological polar surface area (TPSA) is 72.6 Å². The van der Waals surface area contributed by atoms with E-state index in [1.165, 1.54) is 4.90 Å². The molecule has 0 bridgehead atoms. The van der Waals surface area contributed by atoms with Crippen LogP contribution in [0.2, 0.25) is 0 Å². The van der Waals surface area contributed by atoms with Gasteiger partial charge in [-0.05, 0) is 37.6 Å². The first-order chi connectivity index (χ1) is 9.08. The van der Waals surface area contributed by atoms with E-state index in [2.05, 4.69) is 0 Å². The van der Waals surface area contributed by atoms with E-state index in [0.717, 1.165) is 6.42 Å². The number of rotatable bonds is 6. The van der Waals surface area contributed by atoms with Crippen molar-refractivity contribution in [2.45, 2.75) is 20.3 Å². The van der Waals surface area contributed by atoms with Crippen LogP contribution in [0.5, 0.6) is 0 Å². The van der Waals surface area contributed by atoms with Gasteiger partial charge in [-0.3, -0.25) is 9.59 Å². The molecule has 0 fully saturated rings. The Morgan fingerprint density at radius 3 is 2.30 bits per heavy atom. The summed E-state index contributed by atoms with van der Waals surface area (Å²) < 4.78 is 4.87. The van der Waals surface area contributed by atoms with Crippen molar-refractivity contribution < 1.29 is 14.3 Å². The van der Waals surface area contributed by atoms with Crippen molar-refractivity contribution in [3.8, 4) is 0 Å². The molecule has 0 radical (unpaired) electrons. The largest absolute Gasteiger partial charge is 0.465 e. The molecule has 0 aliphatic carbocycles. The van der Waals surface area contributed by atoms with E-state index in [0.29, 0.717) is 24.4 Å². The molecule has 0 atom stereocenters. The zero-order valence-corrected chi connectivity index (χ0v) is 12.6. The molecule has 20 heavy (non-hydrogen) atoms. The summed E-state index contributed by atoms with van der Waals surface area (Å²) in [6.07, 6.45) is 0.778. The van der Waals surface area contributed by atoms with Gasteiger partial charge in [0.05, 0.1) is 6.61 Å². The maximum Gasteiger partial charge on any atom is 0.325 e. The smallest absolute Gasteiger partial charge is 0.325 e. The van der Waals surface area contributed by atoms with Crippen LogP contribution in [0.3, 0.4) is 0 Å². The average molecular weight is 301 g/mol. The first-order valence-electron chi connectivity index (χ1n) is 6.38. The summed E-state index contributed by atoms with van der Waals surface area (Å²) in [5.74, 6) is -0.574. The van der Waals surface area contributed by atoms with Gasteiger partial charge in [-0.15, -0.1) is 12.4 Å². The molecule has 0 heterocycles. The molecule has 1 aromatic carbocycles. The summed E-state index contributed by atoms with van der Waals surface area (Å²) in [6.45, 7) is 4.50. The number of anilines is 1. The summed E-state index contributed by atoms with van der Waals surface area (Å²) in [4.78, 5) is 25.2.